The summed E-state index contributed by atoms with van der Waals surface area (Å²) in [5, 5.41) is 8.06. The van der Waals surface area contributed by atoms with Gasteiger partial charge in [0.15, 0.2) is 6.10 Å². The molecule has 0 aliphatic rings. The highest BCUT2D eigenvalue weighted by molar-refractivity contribution is 5.62. The van der Waals surface area contributed by atoms with E-state index in [-0.39, 0.29) is 0 Å². The fourth-order valence-electron chi connectivity index (χ4n) is 0.940. The summed E-state index contributed by atoms with van der Waals surface area (Å²) in [6.07, 6.45) is -1.18. The summed E-state index contributed by atoms with van der Waals surface area (Å²) < 4.78 is 31.5. The first kappa shape index (κ1) is 20.9. The van der Waals surface area contributed by atoms with E-state index >= 15 is 0 Å². The van der Waals surface area contributed by atoms with E-state index in [1.807, 2.05) is 0 Å². The molecule has 0 spiro atoms. The molecule has 0 rings (SSSR count). The molecule has 24 heavy (non-hydrogen) atoms. The molecule has 0 aromatic rings. The predicted octanol–water partition coefficient (Wildman–Crippen LogP) is 1.52. The average molecular weight is 352 g/mol. The monoisotopic (exact) mass is 352 g/mol. The minimum Gasteiger partial charge on any atom is -0.501 e. The first-order valence-electron chi connectivity index (χ1n) is 6.08. The largest absolute Gasteiger partial charge is 0.540 e. The van der Waals surface area contributed by atoms with Crippen molar-refractivity contribution in [2.24, 2.45) is 0 Å². The van der Waals surface area contributed by atoms with Crippen molar-refractivity contribution in [1.29, 1.82) is 0 Å². The Balaban J connectivity index is 4.43. The highest BCUT2D eigenvalue weighted by Crippen LogP contribution is 2.01. The average Bonchev–Trinajstić information content (AvgIpc) is 2.57. The van der Waals surface area contributed by atoms with Gasteiger partial charge >= 0.3 is 18.5 Å². The van der Waals surface area contributed by atoms with E-state index in [9.17, 15) is 14.4 Å². The molecule has 0 fully saturated rings. The van der Waals surface area contributed by atoms with Gasteiger partial charge in [-0.25, -0.2) is 14.4 Å². The Morgan fingerprint density at radius 3 is 1.83 bits per heavy atom. The second kappa shape index (κ2) is 13.5. The molecule has 0 aliphatic carbocycles. The summed E-state index contributed by atoms with van der Waals surface area (Å²) >= 11 is 0. The van der Waals surface area contributed by atoms with Crippen LogP contribution < -0.4 is 0 Å². The third kappa shape index (κ3) is 11.5. The maximum Gasteiger partial charge on any atom is 0.540 e. The van der Waals surface area contributed by atoms with Crippen LogP contribution in [0, 0.1) is 0 Å². The molecule has 12 heteroatoms. The molecule has 0 radical (unpaired) electrons. The fourth-order valence-corrected chi connectivity index (χ4v) is 0.940. The van der Waals surface area contributed by atoms with E-state index < -0.39 is 37.8 Å². The number of carbonyl (C=O) groups excluding carboxylic acids is 3. The van der Waals surface area contributed by atoms with Crippen molar-refractivity contribution < 1.29 is 57.7 Å². The van der Waals surface area contributed by atoms with Gasteiger partial charge in [0.25, 0.3) is 0 Å². The molecule has 0 aliphatic heterocycles. The SMILES string of the molecule is CO/C=C\OC(=O)OCC(COC(=O)OO)OC(=O)O/C=C\OC. The molecule has 0 aromatic heterocycles. The summed E-state index contributed by atoms with van der Waals surface area (Å²) in [6, 6.07) is 0. The van der Waals surface area contributed by atoms with Gasteiger partial charge in [0.1, 0.15) is 38.3 Å². The van der Waals surface area contributed by atoms with E-state index in [2.05, 4.69) is 33.3 Å². The van der Waals surface area contributed by atoms with Crippen molar-refractivity contribution in [2.75, 3.05) is 27.4 Å². The van der Waals surface area contributed by atoms with E-state index in [1.54, 1.807) is 0 Å². The summed E-state index contributed by atoms with van der Waals surface area (Å²) in [4.78, 5) is 36.5. The molecule has 1 N–H and O–H groups in total. The molecule has 12 nitrogen and oxygen atoms in total. The molecule has 0 bridgehead atoms. The number of carbonyl (C=O) groups is 3. The van der Waals surface area contributed by atoms with Crippen molar-refractivity contribution in [1.82, 2.24) is 0 Å². The summed E-state index contributed by atoms with van der Waals surface area (Å²) in [5.74, 6) is 0. The van der Waals surface area contributed by atoms with Gasteiger partial charge in [0.2, 0.25) is 0 Å². The lowest BCUT2D eigenvalue weighted by atomic mass is 10.4. The second-order valence-electron chi connectivity index (χ2n) is 3.45. The van der Waals surface area contributed by atoms with E-state index in [4.69, 9.17) is 9.99 Å². The van der Waals surface area contributed by atoms with Crippen molar-refractivity contribution in [2.45, 2.75) is 6.10 Å². The van der Waals surface area contributed by atoms with E-state index in [1.165, 1.54) is 14.2 Å². The molecule has 0 saturated carbocycles. The molecule has 0 heterocycles. The van der Waals surface area contributed by atoms with Gasteiger partial charge < -0.3 is 33.2 Å². The topological polar surface area (TPSA) is 145 Å². The van der Waals surface area contributed by atoms with Gasteiger partial charge in [-0.1, -0.05) is 0 Å². The lowest BCUT2D eigenvalue weighted by molar-refractivity contribution is -0.203. The van der Waals surface area contributed by atoms with Crippen LogP contribution >= 0.6 is 0 Å². The maximum absolute atomic E-state index is 11.3. The molecule has 1 unspecified atom stereocenters. The van der Waals surface area contributed by atoms with Gasteiger partial charge in [0, 0.05) is 0 Å². The van der Waals surface area contributed by atoms with Gasteiger partial charge in [-0.2, -0.15) is 5.26 Å². The standard InChI is InChI=1S/C12H16O12/c1-17-3-5-19-10(13)21-7-9(8-22-12(15)24-16)23-11(14)20-6-4-18-2/h3-6,9,16H,7-8H2,1-2H3/b5-3-,6-4-. The van der Waals surface area contributed by atoms with Crippen molar-refractivity contribution >= 4 is 18.5 Å². The van der Waals surface area contributed by atoms with Gasteiger partial charge in [-0.05, 0) is 0 Å². The molecule has 1 atom stereocenters. The zero-order valence-electron chi connectivity index (χ0n) is 12.7. The number of hydrogen-bond acceptors (Lipinski definition) is 12. The molecule has 136 valence electrons. The molecule has 0 saturated heterocycles. The van der Waals surface area contributed by atoms with Crippen LogP contribution in [-0.2, 0) is 38.0 Å². The lowest BCUT2D eigenvalue weighted by Gasteiger charge is -2.15. The highest BCUT2D eigenvalue weighted by atomic mass is 17.1. The van der Waals surface area contributed by atoms with Crippen LogP contribution in [0.25, 0.3) is 0 Å². The van der Waals surface area contributed by atoms with Crippen molar-refractivity contribution in [3.05, 3.63) is 25.0 Å². The minimum absolute atomic E-state index is 0.554. The van der Waals surface area contributed by atoms with Gasteiger partial charge in [-0.15, -0.1) is 0 Å². The van der Waals surface area contributed by atoms with Crippen LogP contribution in [0.4, 0.5) is 14.4 Å². The maximum atomic E-state index is 11.3. The second-order valence-corrected chi connectivity index (χ2v) is 3.45. The molecule has 0 amide bonds. The fraction of sp³-hybridized carbons (Fsp3) is 0.417. The Kier molecular flexibility index (Phi) is 11.7. The third-order valence-electron chi connectivity index (χ3n) is 1.82. The number of methoxy groups -OCH3 is 2. The van der Waals surface area contributed by atoms with Crippen LogP contribution in [0.1, 0.15) is 0 Å². The number of rotatable bonds is 9. The number of hydrogen-bond donors (Lipinski definition) is 1. The first-order valence-corrected chi connectivity index (χ1v) is 6.08. The Morgan fingerprint density at radius 2 is 1.33 bits per heavy atom. The summed E-state index contributed by atoms with van der Waals surface area (Å²) in [7, 11) is 2.65. The smallest absolute Gasteiger partial charge is 0.501 e. The Morgan fingerprint density at radius 1 is 0.833 bits per heavy atom. The Bertz CT molecular complexity index is 443. The van der Waals surface area contributed by atoms with Crippen LogP contribution in [0.3, 0.4) is 0 Å². The summed E-state index contributed by atoms with van der Waals surface area (Å²) in [6.45, 7) is -1.16. The van der Waals surface area contributed by atoms with Crippen LogP contribution in [-0.4, -0.2) is 57.3 Å². The van der Waals surface area contributed by atoms with Crippen LogP contribution in [0.2, 0.25) is 0 Å². The normalized spacial score (nSPS) is 11.5. The lowest BCUT2D eigenvalue weighted by Crippen LogP contribution is -2.30. The molecular formula is C12H16O12. The van der Waals surface area contributed by atoms with E-state index in [0.717, 1.165) is 25.0 Å². The van der Waals surface area contributed by atoms with Crippen molar-refractivity contribution in [3.8, 4) is 0 Å². The minimum atomic E-state index is -1.46. The molecular weight excluding hydrogens is 336 g/mol. The highest BCUT2D eigenvalue weighted by Gasteiger charge is 2.21. The Labute approximate surface area is 135 Å². The predicted molar refractivity (Wildman–Crippen MR) is 71.1 cm³/mol. The zero-order chi connectivity index (χ0) is 18.2. The van der Waals surface area contributed by atoms with Gasteiger partial charge in [-0.3, -0.25) is 4.89 Å². The Hall–Kier alpha value is -3.15. The first-order chi connectivity index (χ1) is 11.5. The third-order valence-corrected chi connectivity index (χ3v) is 1.82. The van der Waals surface area contributed by atoms with Gasteiger partial charge in [0.05, 0.1) is 14.2 Å². The van der Waals surface area contributed by atoms with E-state index in [0.29, 0.717) is 0 Å². The van der Waals surface area contributed by atoms with Crippen LogP contribution in [0.15, 0.2) is 25.0 Å². The quantitative estimate of drug-likeness (QED) is 0.211. The molecule has 0 aromatic carbocycles. The van der Waals surface area contributed by atoms with Crippen molar-refractivity contribution in [3.63, 3.8) is 0 Å². The zero-order valence-corrected chi connectivity index (χ0v) is 12.7. The number of ether oxygens (including phenoxy) is 7. The van der Waals surface area contributed by atoms with Crippen LogP contribution in [0.5, 0.6) is 0 Å². The summed E-state index contributed by atoms with van der Waals surface area (Å²) in [5.41, 5.74) is 0.